The van der Waals surface area contributed by atoms with Gasteiger partial charge in [-0.25, -0.2) is 0 Å². The number of aryl methyl sites for hydroxylation is 1. The van der Waals surface area contributed by atoms with E-state index in [2.05, 4.69) is 22.7 Å². The van der Waals surface area contributed by atoms with Crippen LogP contribution in [0, 0.1) is 6.92 Å². The Morgan fingerprint density at radius 1 is 1.83 bits per heavy atom. The van der Waals surface area contributed by atoms with E-state index >= 15 is 0 Å². The van der Waals surface area contributed by atoms with E-state index < -0.39 is 0 Å². The van der Waals surface area contributed by atoms with Crippen molar-refractivity contribution >= 4 is 34.9 Å². The minimum absolute atomic E-state index is 0.180. The number of thiocarbonyl (C=S) groups is 1. The smallest absolute Gasteiger partial charge is 0.184 e. The van der Waals surface area contributed by atoms with Gasteiger partial charge in [-0.3, -0.25) is 5.43 Å². The molecule has 0 radical (unpaired) electrons. The second kappa shape index (κ2) is 4.18. The lowest BCUT2D eigenvalue weighted by Gasteiger charge is -1.92. The number of nitrogens with zero attached hydrogens (tertiary/aromatic N) is 1. The van der Waals surface area contributed by atoms with Crippen molar-refractivity contribution in [3.8, 4) is 0 Å². The summed E-state index contributed by atoms with van der Waals surface area (Å²) in [7, 11) is 0. The van der Waals surface area contributed by atoms with Gasteiger partial charge in [-0.2, -0.15) is 5.10 Å². The van der Waals surface area contributed by atoms with Gasteiger partial charge in [-0.1, -0.05) is 0 Å². The van der Waals surface area contributed by atoms with Crippen molar-refractivity contribution in [1.82, 2.24) is 5.43 Å². The van der Waals surface area contributed by atoms with Crippen molar-refractivity contribution in [3.63, 3.8) is 0 Å². The highest BCUT2D eigenvalue weighted by atomic mass is 32.1. The molecule has 1 aromatic rings. The molecule has 0 atom stereocenters. The zero-order chi connectivity index (χ0) is 8.97. The van der Waals surface area contributed by atoms with Crippen LogP contribution in [0.5, 0.6) is 0 Å². The van der Waals surface area contributed by atoms with E-state index in [1.54, 1.807) is 17.6 Å². The zero-order valence-electron chi connectivity index (χ0n) is 6.57. The van der Waals surface area contributed by atoms with E-state index in [1.165, 1.54) is 4.88 Å². The van der Waals surface area contributed by atoms with Crippen molar-refractivity contribution < 1.29 is 0 Å². The van der Waals surface area contributed by atoms with Crippen molar-refractivity contribution in [3.05, 3.63) is 21.9 Å². The van der Waals surface area contributed by atoms with Crippen LogP contribution in [0.1, 0.15) is 10.4 Å². The molecule has 1 heterocycles. The minimum atomic E-state index is 0.180. The number of rotatable bonds is 2. The summed E-state index contributed by atoms with van der Waals surface area (Å²) in [5, 5.41) is 6.03. The van der Waals surface area contributed by atoms with E-state index in [0.29, 0.717) is 0 Å². The third-order valence-electron chi connectivity index (χ3n) is 1.28. The van der Waals surface area contributed by atoms with Gasteiger partial charge >= 0.3 is 0 Å². The monoisotopic (exact) mass is 199 g/mol. The highest BCUT2D eigenvalue weighted by Gasteiger charge is 1.93. The van der Waals surface area contributed by atoms with E-state index in [-0.39, 0.29) is 5.11 Å². The summed E-state index contributed by atoms with van der Waals surface area (Å²) in [6.07, 6.45) is 1.70. The van der Waals surface area contributed by atoms with E-state index in [9.17, 15) is 0 Å². The van der Waals surface area contributed by atoms with Crippen LogP contribution in [0.3, 0.4) is 0 Å². The largest absolute Gasteiger partial charge is 0.375 e. The number of nitrogens with two attached hydrogens (primary N) is 1. The molecule has 0 aliphatic heterocycles. The van der Waals surface area contributed by atoms with Gasteiger partial charge in [0.1, 0.15) is 0 Å². The summed E-state index contributed by atoms with van der Waals surface area (Å²) in [6, 6.07) is 1.99. The lowest BCUT2D eigenvalue weighted by Crippen LogP contribution is -2.23. The van der Waals surface area contributed by atoms with Crippen LogP contribution in [0.2, 0.25) is 0 Å². The number of hydrogen-bond acceptors (Lipinski definition) is 3. The summed E-state index contributed by atoms with van der Waals surface area (Å²) < 4.78 is 0. The first-order chi connectivity index (χ1) is 5.70. The van der Waals surface area contributed by atoms with Gasteiger partial charge in [0.2, 0.25) is 0 Å². The molecule has 3 N–H and O–H groups in total. The van der Waals surface area contributed by atoms with Gasteiger partial charge in [-0.15, -0.1) is 11.3 Å². The minimum Gasteiger partial charge on any atom is -0.375 e. The van der Waals surface area contributed by atoms with Crippen LogP contribution < -0.4 is 11.2 Å². The maximum atomic E-state index is 5.18. The Balaban J connectivity index is 2.57. The van der Waals surface area contributed by atoms with Gasteiger partial charge in [-0.05, 0) is 30.6 Å². The molecule has 1 rings (SSSR count). The second-order valence-corrected chi connectivity index (χ2v) is 3.73. The van der Waals surface area contributed by atoms with Crippen LogP contribution in [-0.4, -0.2) is 11.3 Å². The zero-order valence-corrected chi connectivity index (χ0v) is 8.21. The average Bonchev–Trinajstić information content (AvgIpc) is 2.36. The molecule has 12 heavy (non-hydrogen) atoms. The fourth-order valence-corrected chi connectivity index (χ4v) is 1.42. The number of thiophene rings is 1. The fourth-order valence-electron chi connectivity index (χ4n) is 0.694. The first-order valence-electron chi connectivity index (χ1n) is 3.33. The van der Waals surface area contributed by atoms with Gasteiger partial charge < -0.3 is 5.73 Å². The number of hydrogen-bond donors (Lipinski definition) is 2. The molecule has 0 saturated heterocycles. The molecule has 0 aromatic carbocycles. The standard InChI is InChI=1S/C7H9N3S2/c1-5-6(2-3-12-5)4-9-10-7(8)11/h2-4H,1H3,(H3,8,10,11)/b9-4+. The molecule has 0 bridgehead atoms. The molecule has 0 spiro atoms. The molecule has 0 aliphatic carbocycles. The Morgan fingerprint density at radius 2 is 2.58 bits per heavy atom. The fraction of sp³-hybridized carbons (Fsp3) is 0.143. The number of hydrazone groups is 1. The second-order valence-electron chi connectivity index (χ2n) is 2.17. The average molecular weight is 199 g/mol. The molecule has 1 aromatic heterocycles. The normalized spacial score (nSPS) is 10.4. The Hall–Kier alpha value is -0.940. The SMILES string of the molecule is Cc1sccc1/C=N/NC(N)=S. The van der Waals surface area contributed by atoms with Crippen molar-refractivity contribution in [2.75, 3.05) is 0 Å². The Morgan fingerprint density at radius 3 is 3.08 bits per heavy atom. The molecule has 0 fully saturated rings. The van der Waals surface area contributed by atoms with Crippen LogP contribution in [-0.2, 0) is 0 Å². The van der Waals surface area contributed by atoms with Crippen LogP contribution in [0.15, 0.2) is 16.5 Å². The third kappa shape index (κ3) is 2.60. The van der Waals surface area contributed by atoms with E-state index in [0.717, 1.165) is 5.56 Å². The topological polar surface area (TPSA) is 50.4 Å². The molecule has 64 valence electrons. The van der Waals surface area contributed by atoms with Crippen molar-refractivity contribution in [1.29, 1.82) is 0 Å². The van der Waals surface area contributed by atoms with Gasteiger partial charge in [0.05, 0.1) is 6.21 Å². The number of nitrogens with one attached hydrogen (secondary N) is 1. The van der Waals surface area contributed by atoms with Crippen LogP contribution in [0.4, 0.5) is 0 Å². The summed E-state index contributed by atoms with van der Waals surface area (Å²) in [4.78, 5) is 1.23. The maximum Gasteiger partial charge on any atom is 0.184 e. The lowest BCUT2D eigenvalue weighted by molar-refractivity contribution is 1.04. The molecule has 0 unspecified atom stereocenters. The molecule has 5 heteroatoms. The lowest BCUT2D eigenvalue weighted by atomic mass is 10.3. The first-order valence-corrected chi connectivity index (χ1v) is 4.61. The predicted molar refractivity (Wildman–Crippen MR) is 56.6 cm³/mol. The van der Waals surface area contributed by atoms with Crippen molar-refractivity contribution in [2.24, 2.45) is 10.8 Å². The molecule has 3 nitrogen and oxygen atoms in total. The summed E-state index contributed by atoms with van der Waals surface area (Å²) in [5.41, 5.74) is 8.76. The highest BCUT2D eigenvalue weighted by molar-refractivity contribution is 7.80. The summed E-state index contributed by atoms with van der Waals surface area (Å²) in [5.74, 6) is 0. The Bertz CT molecular complexity index is 303. The Labute approximate surface area is 80.3 Å². The molecule has 0 saturated carbocycles. The molecule has 0 amide bonds. The molecular weight excluding hydrogens is 190 g/mol. The quantitative estimate of drug-likeness (QED) is 0.428. The van der Waals surface area contributed by atoms with Crippen LogP contribution >= 0.6 is 23.6 Å². The predicted octanol–water partition coefficient (Wildman–Crippen LogP) is 1.22. The highest BCUT2D eigenvalue weighted by Crippen LogP contribution is 2.11. The van der Waals surface area contributed by atoms with Gasteiger partial charge in [0.25, 0.3) is 0 Å². The van der Waals surface area contributed by atoms with E-state index in [4.69, 9.17) is 5.73 Å². The summed E-state index contributed by atoms with van der Waals surface area (Å²) >= 11 is 6.26. The van der Waals surface area contributed by atoms with Crippen LogP contribution in [0.25, 0.3) is 0 Å². The van der Waals surface area contributed by atoms with Gasteiger partial charge in [0.15, 0.2) is 5.11 Å². The van der Waals surface area contributed by atoms with E-state index in [1.807, 2.05) is 18.4 Å². The maximum absolute atomic E-state index is 5.18. The van der Waals surface area contributed by atoms with Crippen molar-refractivity contribution in [2.45, 2.75) is 6.92 Å². The third-order valence-corrected chi connectivity index (χ3v) is 2.23. The van der Waals surface area contributed by atoms with Gasteiger partial charge in [0, 0.05) is 10.4 Å². The first kappa shape index (κ1) is 9.15. The Kier molecular flexibility index (Phi) is 3.19. The summed E-state index contributed by atoms with van der Waals surface area (Å²) in [6.45, 7) is 2.03. The molecule has 0 aliphatic rings. The molecular formula is C7H9N3S2.